The van der Waals surface area contributed by atoms with Gasteiger partial charge in [-0.05, 0) is 36.3 Å². The van der Waals surface area contributed by atoms with E-state index < -0.39 is 0 Å². The van der Waals surface area contributed by atoms with Crippen LogP contribution in [0.2, 0.25) is 5.02 Å². The Balaban J connectivity index is 1.75. The van der Waals surface area contributed by atoms with Gasteiger partial charge in [-0.1, -0.05) is 48.0 Å². The number of hydrogen-bond donors (Lipinski definition) is 2. The van der Waals surface area contributed by atoms with Crippen LogP contribution in [0.15, 0.2) is 54.6 Å². The fourth-order valence-electron chi connectivity index (χ4n) is 2.05. The Bertz CT molecular complexity index is 742. The summed E-state index contributed by atoms with van der Waals surface area (Å²) in [4.78, 5) is 23.6. The first-order chi connectivity index (χ1) is 11.6. The fourth-order valence-corrected chi connectivity index (χ4v) is 2.22. The molecule has 0 fully saturated rings. The molecule has 2 N–H and O–H groups in total. The van der Waals surface area contributed by atoms with Gasteiger partial charge < -0.3 is 10.6 Å². The number of hydrogen-bond acceptors (Lipinski definition) is 2. The Morgan fingerprint density at radius 3 is 2.58 bits per heavy atom. The molecule has 4 nitrogen and oxygen atoms in total. The number of carbonyl (C=O) groups is 2. The highest BCUT2D eigenvalue weighted by Gasteiger charge is 2.07. The maximum Gasteiger partial charge on any atom is 0.244 e. The van der Waals surface area contributed by atoms with Gasteiger partial charge >= 0.3 is 0 Å². The van der Waals surface area contributed by atoms with E-state index >= 15 is 0 Å². The van der Waals surface area contributed by atoms with Crippen molar-refractivity contribution in [3.63, 3.8) is 0 Å². The lowest BCUT2D eigenvalue weighted by Gasteiger charge is -2.09. The normalized spacial score (nSPS) is 10.6. The minimum atomic E-state index is -0.231. The van der Waals surface area contributed by atoms with E-state index in [4.69, 9.17) is 11.6 Å². The third-order valence-corrected chi connectivity index (χ3v) is 3.83. The van der Waals surface area contributed by atoms with Crippen LogP contribution in [0.5, 0.6) is 0 Å². The summed E-state index contributed by atoms with van der Waals surface area (Å²) in [7, 11) is 0. The largest absolute Gasteiger partial charge is 0.352 e. The lowest BCUT2D eigenvalue weighted by molar-refractivity contribution is -0.117. The Labute approximate surface area is 146 Å². The molecule has 5 heteroatoms. The Morgan fingerprint density at radius 1 is 1.08 bits per heavy atom. The van der Waals surface area contributed by atoms with Crippen LogP contribution in [0.3, 0.4) is 0 Å². The highest BCUT2D eigenvalue weighted by molar-refractivity contribution is 6.31. The molecular weight excluding hydrogens is 324 g/mol. The second kappa shape index (κ2) is 8.89. The monoisotopic (exact) mass is 342 g/mol. The standard InChI is InChI=1S/C19H19ClN2O2/c1-14-16(20)8-5-9-17(14)22-19(24)12-13-21-18(23)11-10-15-6-3-2-4-7-15/h2-11H,12-13H2,1H3,(H,21,23)(H,22,24)/b11-10+. The van der Waals surface area contributed by atoms with Crippen LogP contribution >= 0.6 is 11.6 Å². The van der Waals surface area contributed by atoms with E-state index in [-0.39, 0.29) is 24.8 Å². The second-order valence-corrected chi connectivity index (χ2v) is 5.65. The van der Waals surface area contributed by atoms with Gasteiger partial charge in [-0.3, -0.25) is 9.59 Å². The molecule has 0 radical (unpaired) electrons. The number of halogens is 1. The first kappa shape index (κ1) is 17.8. The first-order valence-electron chi connectivity index (χ1n) is 7.62. The third-order valence-electron chi connectivity index (χ3n) is 3.42. The first-order valence-corrected chi connectivity index (χ1v) is 8.00. The van der Waals surface area contributed by atoms with E-state index in [0.717, 1.165) is 11.1 Å². The molecule has 124 valence electrons. The molecule has 2 aromatic rings. The SMILES string of the molecule is Cc1c(Cl)cccc1NC(=O)CCNC(=O)/C=C/c1ccccc1. The number of rotatable bonds is 6. The van der Waals surface area contributed by atoms with Gasteiger partial charge in [0, 0.05) is 29.8 Å². The van der Waals surface area contributed by atoms with Gasteiger partial charge in [-0.25, -0.2) is 0 Å². The number of anilines is 1. The van der Waals surface area contributed by atoms with E-state index in [0.29, 0.717) is 10.7 Å². The molecule has 0 saturated carbocycles. The Morgan fingerprint density at radius 2 is 1.83 bits per heavy atom. The molecule has 0 aliphatic rings. The van der Waals surface area contributed by atoms with Gasteiger partial charge in [0.1, 0.15) is 0 Å². The summed E-state index contributed by atoms with van der Waals surface area (Å²) in [5.41, 5.74) is 2.45. The highest BCUT2D eigenvalue weighted by atomic mass is 35.5. The van der Waals surface area contributed by atoms with Crippen LogP contribution in [-0.2, 0) is 9.59 Å². The summed E-state index contributed by atoms with van der Waals surface area (Å²) >= 11 is 6.01. The molecule has 0 spiro atoms. The van der Waals surface area contributed by atoms with Crippen LogP contribution in [0.4, 0.5) is 5.69 Å². The van der Waals surface area contributed by atoms with Crippen molar-refractivity contribution in [3.05, 3.63) is 70.8 Å². The molecule has 0 saturated heterocycles. The molecule has 0 bridgehead atoms. The molecule has 0 aromatic heterocycles. The van der Waals surface area contributed by atoms with Gasteiger partial charge in [0.15, 0.2) is 0 Å². The van der Waals surface area contributed by atoms with Gasteiger partial charge in [-0.2, -0.15) is 0 Å². The van der Waals surface area contributed by atoms with E-state index in [1.54, 1.807) is 24.3 Å². The van der Waals surface area contributed by atoms with Crippen LogP contribution in [0.25, 0.3) is 6.08 Å². The smallest absolute Gasteiger partial charge is 0.244 e. The molecule has 2 aromatic carbocycles. The van der Waals surface area contributed by atoms with Crippen molar-refractivity contribution in [2.24, 2.45) is 0 Å². The zero-order valence-electron chi connectivity index (χ0n) is 13.4. The summed E-state index contributed by atoms with van der Waals surface area (Å²) in [6.07, 6.45) is 3.37. The molecule has 0 unspecified atom stereocenters. The molecule has 24 heavy (non-hydrogen) atoms. The van der Waals surface area contributed by atoms with E-state index in [1.807, 2.05) is 37.3 Å². The Hall–Kier alpha value is -2.59. The van der Waals surface area contributed by atoms with Crippen molar-refractivity contribution in [3.8, 4) is 0 Å². The average molecular weight is 343 g/mol. The van der Waals surface area contributed by atoms with E-state index in [2.05, 4.69) is 10.6 Å². The van der Waals surface area contributed by atoms with Crippen molar-refractivity contribution in [1.82, 2.24) is 5.32 Å². The van der Waals surface area contributed by atoms with Crippen LogP contribution in [0.1, 0.15) is 17.5 Å². The maximum atomic E-state index is 11.9. The lowest BCUT2D eigenvalue weighted by Crippen LogP contribution is -2.26. The minimum Gasteiger partial charge on any atom is -0.352 e. The topological polar surface area (TPSA) is 58.2 Å². The zero-order chi connectivity index (χ0) is 17.4. The summed E-state index contributed by atoms with van der Waals surface area (Å²) in [5.74, 6) is -0.404. The number of carbonyl (C=O) groups excluding carboxylic acids is 2. The third kappa shape index (κ3) is 5.56. The maximum absolute atomic E-state index is 11.9. The minimum absolute atomic E-state index is 0.173. The molecule has 0 heterocycles. The molecule has 0 atom stereocenters. The molecule has 2 rings (SSSR count). The van der Waals surface area contributed by atoms with Gasteiger partial charge in [-0.15, -0.1) is 0 Å². The van der Waals surface area contributed by atoms with Crippen molar-refractivity contribution in [2.75, 3.05) is 11.9 Å². The highest BCUT2D eigenvalue weighted by Crippen LogP contribution is 2.22. The average Bonchev–Trinajstić information content (AvgIpc) is 2.58. The van der Waals surface area contributed by atoms with Crippen molar-refractivity contribution in [2.45, 2.75) is 13.3 Å². The second-order valence-electron chi connectivity index (χ2n) is 5.25. The fraction of sp³-hybridized carbons (Fsp3) is 0.158. The van der Waals surface area contributed by atoms with Gasteiger partial charge in [0.2, 0.25) is 11.8 Å². The van der Waals surface area contributed by atoms with Crippen LogP contribution in [0, 0.1) is 6.92 Å². The van der Waals surface area contributed by atoms with E-state index in [1.165, 1.54) is 6.08 Å². The molecular formula is C19H19ClN2O2. The van der Waals surface area contributed by atoms with Crippen LogP contribution in [-0.4, -0.2) is 18.4 Å². The van der Waals surface area contributed by atoms with Crippen LogP contribution < -0.4 is 10.6 Å². The van der Waals surface area contributed by atoms with Crippen molar-refractivity contribution >= 4 is 35.2 Å². The summed E-state index contributed by atoms with van der Waals surface area (Å²) in [6.45, 7) is 2.11. The molecule has 2 amide bonds. The predicted molar refractivity (Wildman–Crippen MR) is 97.9 cm³/mol. The summed E-state index contributed by atoms with van der Waals surface area (Å²) in [5, 5.41) is 6.08. The zero-order valence-corrected chi connectivity index (χ0v) is 14.1. The van der Waals surface area contributed by atoms with Gasteiger partial charge in [0.25, 0.3) is 0 Å². The molecule has 0 aliphatic heterocycles. The lowest BCUT2D eigenvalue weighted by atomic mass is 10.2. The van der Waals surface area contributed by atoms with E-state index in [9.17, 15) is 9.59 Å². The summed E-state index contributed by atoms with van der Waals surface area (Å²) < 4.78 is 0. The number of benzene rings is 2. The summed E-state index contributed by atoms with van der Waals surface area (Å²) in [6, 6.07) is 14.9. The van der Waals surface area contributed by atoms with Gasteiger partial charge in [0.05, 0.1) is 0 Å². The van der Waals surface area contributed by atoms with Crippen molar-refractivity contribution < 1.29 is 9.59 Å². The Kier molecular flexibility index (Phi) is 6.58. The van der Waals surface area contributed by atoms with Crippen molar-refractivity contribution in [1.29, 1.82) is 0 Å². The molecule has 0 aliphatic carbocycles. The number of nitrogens with one attached hydrogen (secondary N) is 2. The number of amides is 2. The quantitative estimate of drug-likeness (QED) is 0.784. The predicted octanol–water partition coefficient (Wildman–Crippen LogP) is 3.81.